The predicted molar refractivity (Wildman–Crippen MR) is 77.4 cm³/mol. The van der Waals surface area contributed by atoms with Crippen LogP contribution in [-0.2, 0) is 9.59 Å². The van der Waals surface area contributed by atoms with Gasteiger partial charge < -0.3 is 10.4 Å². The fourth-order valence-electron chi connectivity index (χ4n) is 2.03. The van der Waals surface area contributed by atoms with Gasteiger partial charge in [-0.05, 0) is 49.5 Å². The van der Waals surface area contributed by atoms with Gasteiger partial charge >= 0.3 is 5.97 Å². The molecule has 0 bridgehead atoms. The Hall–Kier alpha value is -1.81. The molecule has 1 amide bonds. The van der Waals surface area contributed by atoms with E-state index in [1.165, 1.54) is 6.08 Å². The van der Waals surface area contributed by atoms with Crippen LogP contribution in [0.2, 0.25) is 5.02 Å². The summed E-state index contributed by atoms with van der Waals surface area (Å²) in [5, 5.41) is 12.5. The van der Waals surface area contributed by atoms with E-state index >= 15 is 0 Å². The van der Waals surface area contributed by atoms with Crippen LogP contribution < -0.4 is 5.32 Å². The van der Waals surface area contributed by atoms with Gasteiger partial charge in [0.05, 0.1) is 0 Å². The van der Waals surface area contributed by atoms with Crippen molar-refractivity contribution < 1.29 is 14.7 Å². The maximum absolute atomic E-state index is 11.8. The number of carbonyl (C=O) groups excluding carboxylic acids is 1. The Morgan fingerprint density at radius 1 is 1.35 bits per heavy atom. The summed E-state index contributed by atoms with van der Waals surface area (Å²) in [6, 6.07) is 7.02. The summed E-state index contributed by atoms with van der Waals surface area (Å²) in [6.45, 7) is 1.56. The smallest absolute Gasteiger partial charge is 0.329 e. The van der Waals surface area contributed by atoms with E-state index in [9.17, 15) is 14.7 Å². The first-order valence-electron chi connectivity index (χ1n) is 6.41. The number of carbonyl (C=O) groups is 2. The number of carboxylic acid groups (broad SMARTS) is 1. The molecule has 1 saturated carbocycles. The van der Waals surface area contributed by atoms with Crippen molar-refractivity contribution in [3.05, 3.63) is 40.9 Å². The number of benzene rings is 1. The van der Waals surface area contributed by atoms with Crippen molar-refractivity contribution in [2.24, 2.45) is 5.92 Å². The molecule has 0 aromatic heterocycles. The second-order valence-electron chi connectivity index (χ2n) is 5.16. The molecule has 1 aliphatic carbocycles. The summed E-state index contributed by atoms with van der Waals surface area (Å²) in [5.41, 5.74) is -0.352. The number of hydrogen-bond acceptors (Lipinski definition) is 2. The van der Waals surface area contributed by atoms with Gasteiger partial charge in [0.2, 0.25) is 5.91 Å². The van der Waals surface area contributed by atoms with Gasteiger partial charge in [0.1, 0.15) is 5.54 Å². The summed E-state index contributed by atoms with van der Waals surface area (Å²) in [5.74, 6) is -1.38. The second kappa shape index (κ2) is 5.67. The third kappa shape index (κ3) is 3.39. The van der Waals surface area contributed by atoms with Crippen molar-refractivity contribution in [3.8, 4) is 0 Å². The molecular weight excluding hydrogens is 278 g/mol. The number of amides is 1. The molecule has 0 saturated heterocycles. The van der Waals surface area contributed by atoms with Crippen LogP contribution >= 0.6 is 11.6 Å². The first-order chi connectivity index (χ1) is 9.41. The lowest BCUT2D eigenvalue weighted by atomic mass is 9.96. The van der Waals surface area contributed by atoms with Gasteiger partial charge in [0.25, 0.3) is 0 Å². The van der Waals surface area contributed by atoms with Crippen LogP contribution in [0, 0.1) is 5.92 Å². The highest BCUT2D eigenvalue weighted by Crippen LogP contribution is 2.39. The van der Waals surface area contributed by atoms with Crippen LogP contribution in [0.5, 0.6) is 0 Å². The maximum atomic E-state index is 11.8. The molecule has 2 rings (SSSR count). The molecule has 20 heavy (non-hydrogen) atoms. The minimum atomic E-state index is -1.18. The predicted octanol–water partition coefficient (Wildman–Crippen LogP) is 2.72. The van der Waals surface area contributed by atoms with Crippen molar-refractivity contribution in [3.63, 3.8) is 0 Å². The zero-order valence-electron chi connectivity index (χ0n) is 11.1. The number of carboxylic acids is 1. The van der Waals surface area contributed by atoms with Gasteiger partial charge in [-0.1, -0.05) is 23.7 Å². The largest absolute Gasteiger partial charge is 0.480 e. The zero-order valence-corrected chi connectivity index (χ0v) is 11.9. The molecule has 1 aromatic carbocycles. The Labute approximate surface area is 122 Å². The van der Waals surface area contributed by atoms with E-state index in [0.717, 1.165) is 18.4 Å². The van der Waals surface area contributed by atoms with E-state index in [-0.39, 0.29) is 5.92 Å². The quantitative estimate of drug-likeness (QED) is 0.820. The number of nitrogens with one attached hydrogen (secondary N) is 1. The maximum Gasteiger partial charge on any atom is 0.329 e. The first kappa shape index (κ1) is 14.6. The van der Waals surface area contributed by atoms with Gasteiger partial charge in [-0.2, -0.15) is 0 Å². The van der Waals surface area contributed by atoms with Crippen molar-refractivity contribution in [1.82, 2.24) is 5.32 Å². The van der Waals surface area contributed by atoms with E-state index in [0.29, 0.717) is 5.02 Å². The molecule has 5 heteroatoms. The Morgan fingerprint density at radius 2 is 1.95 bits per heavy atom. The standard InChI is InChI=1S/C15H16ClNO3/c1-15(14(19)20,11-5-6-11)17-13(18)9-4-10-2-7-12(16)8-3-10/h2-4,7-9,11H,5-6H2,1H3,(H,17,18)(H,19,20)/b9-4+. The minimum absolute atomic E-state index is 0.0212. The number of aliphatic carboxylic acids is 1. The summed E-state index contributed by atoms with van der Waals surface area (Å²) in [7, 11) is 0. The Bertz CT molecular complexity index is 549. The molecule has 0 radical (unpaired) electrons. The highest BCUT2D eigenvalue weighted by Gasteiger charge is 2.48. The molecule has 4 nitrogen and oxygen atoms in total. The van der Waals surface area contributed by atoms with Gasteiger partial charge in [-0.15, -0.1) is 0 Å². The molecule has 1 unspecified atom stereocenters. The lowest BCUT2D eigenvalue weighted by molar-refractivity contribution is -0.147. The van der Waals surface area contributed by atoms with Crippen LogP contribution in [-0.4, -0.2) is 22.5 Å². The monoisotopic (exact) mass is 293 g/mol. The van der Waals surface area contributed by atoms with Gasteiger partial charge in [-0.3, -0.25) is 4.79 Å². The summed E-state index contributed by atoms with van der Waals surface area (Å²) in [4.78, 5) is 23.1. The van der Waals surface area contributed by atoms with Crippen molar-refractivity contribution in [2.75, 3.05) is 0 Å². The number of hydrogen-bond donors (Lipinski definition) is 2. The summed E-state index contributed by atoms with van der Waals surface area (Å²) >= 11 is 5.77. The van der Waals surface area contributed by atoms with Crippen LogP contribution in [0.4, 0.5) is 0 Å². The Kier molecular flexibility index (Phi) is 4.14. The van der Waals surface area contributed by atoms with Crippen LogP contribution in [0.15, 0.2) is 30.3 Å². The fraction of sp³-hybridized carbons (Fsp3) is 0.333. The molecule has 0 heterocycles. The molecule has 1 fully saturated rings. The van der Waals surface area contributed by atoms with Crippen LogP contribution in [0.1, 0.15) is 25.3 Å². The highest BCUT2D eigenvalue weighted by atomic mass is 35.5. The normalized spacial score (nSPS) is 17.7. The number of rotatable bonds is 5. The van der Waals surface area contributed by atoms with E-state index in [1.54, 1.807) is 37.3 Å². The molecule has 2 N–H and O–H groups in total. The molecule has 0 spiro atoms. The Morgan fingerprint density at radius 3 is 2.45 bits per heavy atom. The molecular formula is C15H16ClNO3. The Balaban J connectivity index is 2.01. The van der Waals surface area contributed by atoms with Gasteiger partial charge in [0.15, 0.2) is 0 Å². The average molecular weight is 294 g/mol. The van der Waals surface area contributed by atoms with Crippen molar-refractivity contribution in [1.29, 1.82) is 0 Å². The molecule has 1 aliphatic rings. The summed E-state index contributed by atoms with van der Waals surface area (Å²) < 4.78 is 0. The second-order valence-corrected chi connectivity index (χ2v) is 5.59. The lowest BCUT2D eigenvalue weighted by Crippen LogP contribution is -2.53. The summed E-state index contributed by atoms with van der Waals surface area (Å²) in [6.07, 6.45) is 4.64. The highest BCUT2D eigenvalue weighted by molar-refractivity contribution is 6.30. The third-order valence-electron chi connectivity index (χ3n) is 3.52. The van der Waals surface area contributed by atoms with Crippen molar-refractivity contribution in [2.45, 2.75) is 25.3 Å². The lowest BCUT2D eigenvalue weighted by Gasteiger charge is -2.25. The van der Waals surface area contributed by atoms with Gasteiger partial charge in [-0.25, -0.2) is 4.79 Å². The minimum Gasteiger partial charge on any atom is -0.480 e. The van der Waals surface area contributed by atoms with Crippen LogP contribution in [0.3, 0.4) is 0 Å². The van der Waals surface area contributed by atoms with Crippen molar-refractivity contribution >= 4 is 29.6 Å². The molecule has 1 atom stereocenters. The van der Waals surface area contributed by atoms with E-state index < -0.39 is 17.4 Å². The average Bonchev–Trinajstić information content (AvgIpc) is 3.22. The SMILES string of the molecule is CC(NC(=O)/C=C/c1ccc(Cl)cc1)(C(=O)O)C1CC1. The molecule has 106 valence electrons. The molecule has 1 aromatic rings. The fourth-order valence-corrected chi connectivity index (χ4v) is 2.16. The van der Waals surface area contributed by atoms with E-state index in [2.05, 4.69) is 5.32 Å². The van der Waals surface area contributed by atoms with E-state index in [1.807, 2.05) is 0 Å². The molecule has 0 aliphatic heterocycles. The van der Waals surface area contributed by atoms with Crippen LogP contribution in [0.25, 0.3) is 6.08 Å². The van der Waals surface area contributed by atoms with Gasteiger partial charge in [0, 0.05) is 11.1 Å². The van der Waals surface area contributed by atoms with E-state index in [4.69, 9.17) is 11.6 Å². The first-order valence-corrected chi connectivity index (χ1v) is 6.79. The third-order valence-corrected chi connectivity index (χ3v) is 3.77. The zero-order chi connectivity index (χ0) is 14.8. The topological polar surface area (TPSA) is 66.4 Å². The number of halogens is 1.